The summed E-state index contributed by atoms with van der Waals surface area (Å²) in [5.41, 5.74) is -0.976. The minimum atomic E-state index is -1.15. The summed E-state index contributed by atoms with van der Waals surface area (Å²) in [6, 6.07) is 4.52. The Kier molecular flexibility index (Phi) is 3.34. The molecule has 1 atom stereocenters. The second kappa shape index (κ2) is 5.17. The number of fused-ring (bicyclic) bond motifs is 1. The number of aromatic carboxylic acids is 1. The molecule has 2 N–H and O–H groups in total. The highest BCUT2D eigenvalue weighted by Gasteiger charge is 2.21. The van der Waals surface area contributed by atoms with Gasteiger partial charge in [0.15, 0.2) is 0 Å². The fourth-order valence-corrected chi connectivity index (χ4v) is 2.67. The zero-order chi connectivity index (χ0) is 15.0. The van der Waals surface area contributed by atoms with Gasteiger partial charge < -0.3 is 14.8 Å². The van der Waals surface area contributed by atoms with Gasteiger partial charge in [0.1, 0.15) is 0 Å². The minimum absolute atomic E-state index is 0.0150. The van der Waals surface area contributed by atoms with Gasteiger partial charge in [-0.3, -0.25) is 14.2 Å². The Morgan fingerprint density at radius 1 is 1.43 bits per heavy atom. The molecule has 2 heterocycles. The van der Waals surface area contributed by atoms with Crippen LogP contribution in [-0.4, -0.2) is 33.3 Å². The summed E-state index contributed by atoms with van der Waals surface area (Å²) in [7, 11) is 0. The van der Waals surface area contributed by atoms with E-state index in [9.17, 15) is 19.5 Å². The van der Waals surface area contributed by atoms with E-state index in [1.54, 1.807) is 6.07 Å². The monoisotopic (exact) mass is 290 g/mol. The molecule has 0 amide bonds. The number of rotatable bonds is 3. The summed E-state index contributed by atoms with van der Waals surface area (Å²) in [6.45, 7) is 0.801. The second-order valence-corrected chi connectivity index (χ2v) is 5.01. The number of carbonyl (C=O) groups is 1. The summed E-state index contributed by atoms with van der Waals surface area (Å²) in [5, 5.41) is 9.29. The number of hydrogen-bond acceptors (Lipinski definition) is 4. The van der Waals surface area contributed by atoms with E-state index in [1.807, 2.05) is 0 Å². The smallest absolute Gasteiger partial charge is 0.337 e. The Morgan fingerprint density at radius 2 is 2.24 bits per heavy atom. The normalized spacial score (nSPS) is 18.2. The molecule has 1 unspecified atom stereocenters. The topological polar surface area (TPSA) is 101 Å². The van der Waals surface area contributed by atoms with E-state index in [4.69, 9.17) is 4.74 Å². The number of H-pyrrole nitrogens is 1. The molecule has 2 aromatic rings. The van der Waals surface area contributed by atoms with Crippen LogP contribution in [0.25, 0.3) is 11.0 Å². The first kappa shape index (κ1) is 13.6. The summed E-state index contributed by atoms with van der Waals surface area (Å²) in [6.07, 6.45) is 1.51. The fraction of sp³-hybridized carbons (Fsp3) is 0.357. The van der Waals surface area contributed by atoms with Gasteiger partial charge in [-0.05, 0) is 25.0 Å². The van der Waals surface area contributed by atoms with Crippen LogP contribution >= 0.6 is 0 Å². The Morgan fingerprint density at radius 3 is 2.90 bits per heavy atom. The average molecular weight is 290 g/mol. The van der Waals surface area contributed by atoms with Crippen molar-refractivity contribution in [3.8, 4) is 0 Å². The van der Waals surface area contributed by atoms with E-state index < -0.39 is 17.1 Å². The molecule has 1 fully saturated rings. The van der Waals surface area contributed by atoms with Gasteiger partial charge in [-0.1, -0.05) is 6.07 Å². The zero-order valence-electron chi connectivity index (χ0n) is 11.2. The van der Waals surface area contributed by atoms with Crippen molar-refractivity contribution in [2.24, 2.45) is 0 Å². The summed E-state index contributed by atoms with van der Waals surface area (Å²) in [5.74, 6) is -1.15. The Balaban J connectivity index is 2.28. The molecular formula is C14H14N2O5. The van der Waals surface area contributed by atoms with E-state index in [1.165, 1.54) is 16.7 Å². The van der Waals surface area contributed by atoms with Gasteiger partial charge in [-0.25, -0.2) is 4.79 Å². The predicted octanol–water partition coefficient (Wildman–Crippen LogP) is 0.567. The molecular weight excluding hydrogens is 276 g/mol. The average Bonchev–Trinajstić information content (AvgIpc) is 2.96. The Hall–Kier alpha value is -2.41. The maximum Gasteiger partial charge on any atom is 0.337 e. The van der Waals surface area contributed by atoms with Gasteiger partial charge >= 0.3 is 17.1 Å². The second-order valence-electron chi connectivity index (χ2n) is 5.01. The first-order valence-corrected chi connectivity index (χ1v) is 6.68. The first-order chi connectivity index (χ1) is 10.1. The van der Waals surface area contributed by atoms with Crippen molar-refractivity contribution in [2.75, 3.05) is 6.61 Å². The fourth-order valence-electron chi connectivity index (χ4n) is 2.67. The van der Waals surface area contributed by atoms with E-state index in [2.05, 4.69) is 4.98 Å². The van der Waals surface area contributed by atoms with Crippen molar-refractivity contribution in [1.82, 2.24) is 9.55 Å². The number of carboxylic acids is 1. The van der Waals surface area contributed by atoms with Crippen LogP contribution < -0.4 is 11.1 Å². The van der Waals surface area contributed by atoms with Crippen molar-refractivity contribution in [3.63, 3.8) is 0 Å². The lowest BCUT2D eigenvalue weighted by molar-refractivity contribution is 0.0697. The van der Waals surface area contributed by atoms with Crippen LogP contribution in [0, 0.1) is 0 Å². The van der Waals surface area contributed by atoms with Crippen molar-refractivity contribution < 1.29 is 14.6 Å². The molecule has 3 rings (SSSR count). The molecule has 1 aliphatic rings. The number of benzene rings is 1. The Labute approximate surface area is 118 Å². The van der Waals surface area contributed by atoms with Crippen LogP contribution in [0.15, 0.2) is 27.8 Å². The van der Waals surface area contributed by atoms with E-state index in [0.29, 0.717) is 12.1 Å². The van der Waals surface area contributed by atoms with Crippen LogP contribution in [0.5, 0.6) is 0 Å². The number of aromatic nitrogens is 2. The summed E-state index contributed by atoms with van der Waals surface area (Å²) < 4.78 is 6.70. The molecule has 0 spiro atoms. The van der Waals surface area contributed by atoms with E-state index in [-0.39, 0.29) is 23.7 Å². The lowest BCUT2D eigenvalue weighted by atomic mass is 10.1. The van der Waals surface area contributed by atoms with Gasteiger partial charge in [0.25, 0.3) is 0 Å². The third-order valence-corrected chi connectivity index (χ3v) is 3.63. The maximum absolute atomic E-state index is 12.1. The number of nitrogens with zero attached hydrogens (tertiary/aromatic N) is 1. The number of carboxylic acid groups (broad SMARTS) is 1. The minimum Gasteiger partial charge on any atom is -0.478 e. The SMILES string of the molecule is O=C(O)c1cccc2[nH]c(=O)c(=O)n(CC3CCCO3)c12. The van der Waals surface area contributed by atoms with Crippen molar-refractivity contribution in [2.45, 2.75) is 25.5 Å². The number of hydrogen-bond donors (Lipinski definition) is 2. The maximum atomic E-state index is 12.1. The van der Waals surface area contributed by atoms with Gasteiger partial charge in [-0.2, -0.15) is 0 Å². The number of ether oxygens (including phenoxy) is 1. The largest absolute Gasteiger partial charge is 0.478 e. The predicted molar refractivity (Wildman–Crippen MR) is 74.8 cm³/mol. The molecule has 110 valence electrons. The molecule has 0 radical (unpaired) electrons. The molecule has 0 saturated carbocycles. The van der Waals surface area contributed by atoms with Crippen LogP contribution in [0.4, 0.5) is 0 Å². The molecule has 1 saturated heterocycles. The Bertz CT molecular complexity index is 814. The van der Waals surface area contributed by atoms with Crippen LogP contribution in [0.3, 0.4) is 0 Å². The van der Waals surface area contributed by atoms with Gasteiger partial charge in [0, 0.05) is 6.61 Å². The van der Waals surface area contributed by atoms with Crippen LogP contribution in [-0.2, 0) is 11.3 Å². The molecule has 21 heavy (non-hydrogen) atoms. The lowest BCUT2D eigenvalue weighted by Crippen LogP contribution is -2.39. The van der Waals surface area contributed by atoms with Crippen LogP contribution in [0.1, 0.15) is 23.2 Å². The third kappa shape index (κ3) is 2.36. The van der Waals surface area contributed by atoms with Crippen molar-refractivity contribution in [3.05, 3.63) is 44.5 Å². The quantitative estimate of drug-likeness (QED) is 0.805. The first-order valence-electron chi connectivity index (χ1n) is 6.68. The summed E-state index contributed by atoms with van der Waals surface area (Å²) >= 11 is 0. The zero-order valence-corrected chi connectivity index (χ0v) is 11.2. The summed E-state index contributed by atoms with van der Waals surface area (Å²) in [4.78, 5) is 37.6. The van der Waals surface area contributed by atoms with Crippen LogP contribution in [0.2, 0.25) is 0 Å². The van der Waals surface area contributed by atoms with Gasteiger partial charge in [-0.15, -0.1) is 0 Å². The molecule has 0 bridgehead atoms. The van der Waals surface area contributed by atoms with E-state index in [0.717, 1.165) is 12.8 Å². The van der Waals surface area contributed by atoms with Crippen molar-refractivity contribution in [1.29, 1.82) is 0 Å². The molecule has 7 heteroatoms. The highest BCUT2D eigenvalue weighted by atomic mass is 16.5. The number of nitrogens with one attached hydrogen (secondary N) is 1. The highest BCUT2D eigenvalue weighted by molar-refractivity contribution is 6.00. The van der Waals surface area contributed by atoms with Gasteiger partial charge in [0.2, 0.25) is 0 Å². The highest BCUT2D eigenvalue weighted by Crippen LogP contribution is 2.18. The van der Waals surface area contributed by atoms with Gasteiger partial charge in [0.05, 0.1) is 29.2 Å². The standard InChI is InChI=1S/C14H14N2O5/c17-12-13(18)16(7-8-3-2-6-21-8)11-9(14(19)20)4-1-5-10(11)15-12/h1,4-5,8H,2-3,6-7H2,(H,15,17)(H,19,20). The molecule has 0 aliphatic carbocycles. The number of para-hydroxylation sites is 1. The third-order valence-electron chi connectivity index (χ3n) is 3.63. The molecule has 7 nitrogen and oxygen atoms in total. The molecule has 1 aromatic carbocycles. The lowest BCUT2D eigenvalue weighted by Gasteiger charge is -2.15. The van der Waals surface area contributed by atoms with Crippen molar-refractivity contribution >= 4 is 17.0 Å². The molecule has 1 aromatic heterocycles. The molecule has 1 aliphatic heterocycles. The van der Waals surface area contributed by atoms with E-state index >= 15 is 0 Å². The number of aromatic amines is 1.